The minimum Gasteiger partial charge on any atom is -0.493 e. The predicted octanol–water partition coefficient (Wildman–Crippen LogP) is 4.01. The molecule has 1 N–H and O–H groups in total. The van der Waals surface area contributed by atoms with Gasteiger partial charge in [0.05, 0.1) is 14.2 Å². The Morgan fingerprint density at radius 3 is 2.53 bits per heavy atom. The molecule has 0 aliphatic carbocycles. The van der Waals surface area contributed by atoms with Crippen LogP contribution in [0.4, 0.5) is 0 Å². The van der Waals surface area contributed by atoms with Crippen molar-refractivity contribution >= 4 is 29.9 Å². The van der Waals surface area contributed by atoms with E-state index in [-0.39, 0.29) is 24.0 Å². The second-order valence-electron chi connectivity index (χ2n) is 8.58. The van der Waals surface area contributed by atoms with Crippen molar-refractivity contribution in [3.05, 3.63) is 23.3 Å². The van der Waals surface area contributed by atoms with E-state index in [9.17, 15) is 0 Å². The lowest BCUT2D eigenvalue weighted by Gasteiger charge is -2.34. The van der Waals surface area contributed by atoms with Crippen LogP contribution >= 0.6 is 24.0 Å². The van der Waals surface area contributed by atoms with Crippen LogP contribution in [0.1, 0.15) is 37.8 Å². The number of ether oxygens (including phenoxy) is 2. The average Bonchev–Trinajstić information content (AvgIpc) is 2.69. The molecule has 1 aromatic carbocycles. The van der Waals surface area contributed by atoms with Crippen LogP contribution in [0.3, 0.4) is 0 Å². The van der Waals surface area contributed by atoms with E-state index in [1.54, 1.807) is 14.2 Å². The molecular weight excluding hydrogens is 491 g/mol. The number of benzene rings is 1. The Morgan fingerprint density at radius 1 is 1.27 bits per heavy atom. The maximum atomic E-state index is 5.47. The maximum Gasteiger partial charge on any atom is 0.193 e. The number of hydrogen-bond acceptors (Lipinski definition) is 4. The summed E-state index contributed by atoms with van der Waals surface area (Å²) in [6.45, 7) is 12.1. The van der Waals surface area contributed by atoms with Gasteiger partial charge in [-0.05, 0) is 61.4 Å². The van der Waals surface area contributed by atoms with Crippen LogP contribution in [0.25, 0.3) is 0 Å². The Bertz CT molecular complexity index is 681. The van der Waals surface area contributed by atoms with Crippen molar-refractivity contribution in [1.29, 1.82) is 0 Å². The molecule has 1 aliphatic rings. The van der Waals surface area contributed by atoms with E-state index in [2.05, 4.69) is 54.0 Å². The lowest BCUT2D eigenvalue weighted by atomic mass is 9.97. The van der Waals surface area contributed by atoms with Gasteiger partial charge in [-0.15, -0.1) is 24.0 Å². The zero-order chi connectivity index (χ0) is 21.4. The van der Waals surface area contributed by atoms with Crippen molar-refractivity contribution in [2.75, 3.05) is 54.5 Å². The van der Waals surface area contributed by atoms with Gasteiger partial charge in [0.15, 0.2) is 17.5 Å². The fourth-order valence-corrected chi connectivity index (χ4v) is 4.14. The Kier molecular flexibility index (Phi) is 11.8. The van der Waals surface area contributed by atoms with Crippen LogP contribution in [0.2, 0.25) is 0 Å². The molecule has 1 heterocycles. The third-order valence-corrected chi connectivity index (χ3v) is 5.60. The summed E-state index contributed by atoms with van der Waals surface area (Å²) < 4.78 is 10.9. The summed E-state index contributed by atoms with van der Waals surface area (Å²) in [5, 5.41) is 3.60. The predicted molar refractivity (Wildman–Crippen MR) is 137 cm³/mol. The second-order valence-corrected chi connectivity index (χ2v) is 8.58. The number of nitrogens with one attached hydrogen (secondary N) is 1. The van der Waals surface area contributed by atoms with E-state index >= 15 is 0 Å². The molecule has 1 aliphatic heterocycles. The third-order valence-electron chi connectivity index (χ3n) is 5.60. The van der Waals surface area contributed by atoms with E-state index in [1.165, 1.54) is 43.6 Å². The zero-order valence-corrected chi connectivity index (χ0v) is 22.2. The number of piperidine rings is 1. The quantitative estimate of drug-likeness (QED) is 0.312. The first-order valence-electron chi connectivity index (χ1n) is 10.7. The van der Waals surface area contributed by atoms with Crippen LogP contribution in [0.5, 0.6) is 11.5 Å². The first-order valence-corrected chi connectivity index (χ1v) is 10.7. The summed E-state index contributed by atoms with van der Waals surface area (Å²) in [6.07, 6.45) is 2.58. The SMILES string of the molecule is CN=C(NCC1CCCN(CC(C)C)C1)N(C)Cc1cc(OC)c(OC)cc1C.I. The summed E-state index contributed by atoms with van der Waals surface area (Å²) in [7, 11) is 7.28. The van der Waals surface area contributed by atoms with Gasteiger partial charge in [-0.3, -0.25) is 4.99 Å². The van der Waals surface area contributed by atoms with Crippen molar-refractivity contribution in [1.82, 2.24) is 15.1 Å². The number of hydrogen-bond donors (Lipinski definition) is 1. The van der Waals surface area contributed by atoms with Gasteiger partial charge in [0, 0.05) is 40.3 Å². The molecule has 1 atom stereocenters. The Morgan fingerprint density at radius 2 is 1.93 bits per heavy atom. The third kappa shape index (κ3) is 7.80. The first kappa shape index (κ1) is 26.8. The van der Waals surface area contributed by atoms with Gasteiger partial charge >= 0.3 is 0 Å². The second kappa shape index (κ2) is 13.2. The van der Waals surface area contributed by atoms with Gasteiger partial charge in [-0.25, -0.2) is 0 Å². The largest absolute Gasteiger partial charge is 0.493 e. The summed E-state index contributed by atoms with van der Waals surface area (Å²) in [5.74, 6) is 3.86. The number of methoxy groups -OCH3 is 2. The first-order chi connectivity index (χ1) is 13.9. The van der Waals surface area contributed by atoms with Crippen LogP contribution < -0.4 is 14.8 Å². The number of nitrogens with zero attached hydrogens (tertiary/aromatic N) is 3. The number of halogens is 1. The van der Waals surface area contributed by atoms with Gasteiger partial charge in [0.25, 0.3) is 0 Å². The smallest absolute Gasteiger partial charge is 0.193 e. The molecule has 172 valence electrons. The number of aliphatic imine (C=N–C) groups is 1. The fraction of sp³-hybridized carbons (Fsp3) is 0.696. The topological polar surface area (TPSA) is 49.3 Å². The molecule has 2 rings (SSSR count). The molecule has 0 radical (unpaired) electrons. The Hall–Kier alpha value is -1.22. The molecular formula is C23H41IN4O2. The van der Waals surface area contributed by atoms with Gasteiger partial charge in [-0.1, -0.05) is 13.8 Å². The van der Waals surface area contributed by atoms with E-state index < -0.39 is 0 Å². The highest BCUT2D eigenvalue weighted by atomic mass is 127. The number of likely N-dealkylation sites (tertiary alicyclic amines) is 1. The van der Waals surface area contributed by atoms with Crippen LogP contribution in [-0.4, -0.2) is 70.3 Å². The molecule has 0 bridgehead atoms. The highest BCUT2D eigenvalue weighted by Gasteiger charge is 2.21. The maximum absolute atomic E-state index is 5.47. The normalized spacial score (nSPS) is 17.5. The van der Waals surface area contributed by atoms with Crippen LogP contribution in [0.15, 0.2) is 17.1 Å². The van der Waals surface area contributed by atoms with Crippen molar-refractivity contribution in [3.63, 3.8) is 0 Å². The minimum absolute atomic E-state index is 0. The van der Waals surface area contributed by atoms with E-state index in [0.29, 0.717) is 5.92 Å². The minimum atomic E-state index is 0. The summed E-state index contributed by atoms with van der Waals surface area (Å²) in [5.41, 5.74) is 2.38. The molecule has 0 spiro atoms. The molecule has 0 aromatic heterocycles. The standard InChI is InChI=1S/C23H40N4O2.HI/c1-17(2)14-27-10-8-9-19(15-27)13-25-23(24-4)26(5)16-20-12-22(29-7)21(28-6)11-18(20)3;/h11-12,17,19H,8-10,13-16H2,1-7H3,(H,24,25);1H. The van der Waals surface area contributed by atoms with Gasteiger partial charge < -0.3 is 24.6 Å². The van der Waals surface area contributed by atoms with E-state index in [1.807, 2.05) is 13.1 Å². The molecule has 6 nitrogen and oxygen atoms in total. The molecule has 1 saturated heterocycles. The molecule has 1 fully saturated rings. The summed E-state index contributed by atoms with van der Waals surface area (Å²) in [4.78, 5) is 9.28. The Labute approximate surface area is 200 Å². The summed E-state index contributed by atoms with van der Waals surface area (Å²) in [6, 6.07) is 4.09. The van der Waals surface area contributed by atoms with Gasteiger partial charge in [0.2, 0.25) is 0 Å². The molecule has 7 heteroatoms. The lowest BCUT2D eigenvalue weighted by Crippen LogP contribution is -2.45. The average molecular weight is 533 g/mol. The highest BCUT2D eigenvalue weighted by Crippen LogP contribution is 2.30. The molecule has 0 saturated carbocycles. The van der Waals surface area contributed by atoms with Crippen molar-refractivity contribution in [3.8, 4) is 11.5 Å². The zero-order valence-electron chi connectivity index (χ0n) is 19.8. The van der Waals surface area contributed by atoms with Crippen molar-refractivity contribution < 1.29 is 9.47 Å². The van der Waals surface area contributed by atoms with Crippen molar-refractivity contribution in [2.45, 2.75) is 40.2 Å². The lowest BCUT2D eigenvalue weighted by molar-refractivity contribution is 0.159. The fourth-order valence-electron chi connectivity index (χ4n) is 4.14. The van der Waals surface area contributed by atoms with Crippen molar-refractivity contribution in [2.24, 2.45) is 16.8 Å². The molecule has 0 amide bonds. The monoisotopic (exact) mass is 532 g/mol. The van der Waals surface area contributed by atoms with E-state index in [4.69, 9.17) is 9.47 Å². The number of aryl methyl sites for hydroxylation is 1. The van der Waals surface area contributed by atoms with Crippen LogP contribution in [0, 0.1) is 18.8 Å². The van der Waals surface area contributed by atoms with Crippen LogP contribution in [-0.2, 0) is 6.54 Å². The van der Waals surface area contributed by atoms with E-state index in [0.717, 1.165) is 36.5 Å². The summed E-state index contributed by atoms with van der Waals surface area (Å²) >= 11 is 0. The van der Waals surface area contributed by atoms with Gasteiger partial charge in [-0.2, -0.15) is 0 Å². The molecule has 1 aromatic rings. The van der Waals surface area contributed by atoms with Gasteiger partial charge in [0.1, 0.15) is 0 Å². The highest BCUT2D eigenvalue weighted by molar-refractivity contribution is 14.0. The molecule has 30 heavy (non-hydrogen) atoms. The Balaban J connectivity index is 0.00000450. The molecule has 1 unspecified atom stereocenters. The number of rotatable bonds is 8. The number of guanidine groups is 1.